The number of carboxylic acids is 1. The minimum absolute atomic E-state index is 0.148. The van der Waals surface area contributed by atoms with Crippen LogP contribution in [0.3, 0.4) is 0 Å². The van der Waals surface area contributed by atoms with Crippen molar-refractivity contribution in [2.45, 2.75) is 36.6 Å². The monoisotopic (exact) mass is 327 g/mol. The normalized spacial score (nSPS) is 22.1. The molecule has 7 heteroatoms. The van der Waals surface area contributed by atoms with E-state index in [1.54, 1.807) is 12.1 Å². The maximum atomic E-state index is 11.7. The lowest BCUT2D eigenvalue weighted by Crippen LogP contribution is -2.29. The Balaban J connectivity index is 2.12. The summed E-state index contributed by atoms with van der Waals surface area (Å²) in [7, 11) is -1.83. The molecule has 0 spiro atoms. The molecule has 2 N–H and O–H groups in total. The number of carboxylic acid groups (broad SMARTS) is 1. The lowest BCUT2D eigenvalue weighted by molar-refractivity contribution is -0.142. The number of hydrogen-bond acceptors (Lipinski definition) is 5. The fourth-order valence-corrected chi connectivity index (χ4v) is 3.38. The van der Waals surface area contributed by atoms with Gasteiger partial charge >= 0.3 is 5.97 Å². The van der Waals surface area contributed by atoms with Crippen molar-refractivity contribution in [1.29, 1.82) is 0 Å². The van der Waals surface area contributed by atoms with Gasteiger partial charge in [0.1, 0.15) is 5.75 Å². The summed E-state index contributed by atoms with van der Waals surface area (Å²) in [6, 6.07) is 4.97. The fourth-order valence-electron chi connectivity index (χ4n) is 2.71. The number of aliphatic carboxylic acids is 1. The van der Waals surface area contributed by atoms with Crippen LogP contribution in [0.2, 0.25) is 0 Å². The van der Waals surface area contributed by atoms with Gasteiger partial charge in [0, 0.05) is 24.1 Å². The summed E-state index contributed by atoms with van der Waals surface area (Å²) in [5.41, 5.74) is 0.679. The van der Waals surface area contributed by atoms with Gasteiger partial charge in [0.15, 0.2) is 9.84 Å². The Bertz CT molecular complexity index is 648. The lowest BCUT2D eigenvalue weighted by Gasteiger charge is -2.27. The van der Waals surface area contributed by atoms with Crippen LogP contribution in [0.25, 0.3) is 0 Å². The molecular formula is C15H21NO5S. The number of rotatable bonds is 5. The van der Waals surface area contributed by atoms with Gasteiger partial charge in [-0.1, -0.05) is 0 Å². The highest BCUT2D eigenvalue weighted by Crippen LogP contribution is 2.29. The highest BCUT2D eigenvalue weighted by molar-refractivity contribution is 7.90. The number of anilines is 1. The zero-order valence-corrected chi connectivity index (χ0v) is 13.5. The van der Waals surface area contributed by atoms with E-state index in [0.717, 1.165) is 19.1 Å². The topological polar surface area (TPSA) is 92.7 Å². The van der Waals surface area contributed by atoms with Crippen LogP contribution < -0.4 is 10.1 Å². The van der Waals surface area contributed by atoms with Crippen molar-refractivity contribution < 1.29 is 23.1 Å². The first-order valence-electron chi connectivity index (χ1n) is 7.18. The Morgan fingerprint density at radius 1 is 1.23 bits per heavy atom. The number of hydrogen-bond donors (Lipinski definition) is 2. The average molecular weight is 327 g/mol. The van der Waals surface area contributed by atoms with Gasteiger partial charge in [0.05, 0.1) is 17.9 Å². The lowest BCUT2D eigenvalue weighted by atomic mass is 9.86. The van der Waals surface area contributed by atoms with Gasteiger partial charge in [-0.05, 0) is 37.8 Å². The van der Waals surface area contributed by atoms with Crippen LogP contribution in [0, 0.1) is 5.92 Å². The summed E-state index contributed by atoms with van der Waals surface area (Å²) in [5, 5.41) is 12.3. The van der Waals surface area contributed by atoms with E-state index in [9.17, 15) is 13.2 Å². The number of nitrogens with one attached hydrogen (secondary N) is 1. The third kappa shape index (κ3) is 4.13. The van der Waals surface area contributed by atoms with E-state index in [1.165, 1.54) is 13.2 Å². The molecule has 1 aromatic rings. The molecule has 1 aromatic carbocycles. The molecule has 22 heavy (non-hydrogen) atoms. The van der Waals surface area contributed by atoms with Gasteiger partial charge < -0.3 is 15.2 Å². The molecule has 0 bridgehead atoms. The second-order valence-corrected chi connectivity index (χ2v) is 7.72. The van der Waals surface area contributed by atoms with Gasteiger partial charge in [0.2, 0.25) is 0 Å². The maximum Gasteiger partial charge on any atom is 0.306 e. The van der Waals surface area contributed by atoms with Gasteiger partial charge in [-0.2, -0.15) is 0 Å². The number of ether oxygens (including phenoxy) is 1. The quantitative estimate of drug-likeness (QED) is 0.861. The molecule has 0 heterocycles. The van der Waals surface area contributed by atoms with Crippen molar-refractivity contribution in [2.75, 3.05) is 18.7 Å². The molecule has 0 unspecified atom stereocenters. The molecular weight excluding hydrogens is 306 g/mol. The smallest absolute Gasteiger partial charge is 0.306 e. The summed E-state index contributed by atoms with van der Waals surface area (Å²) in [6.45, 7) is 0. The zero-order chi connectivity index (χ0) is 16.3. The first kappa shape index (κ1) is 16.6. The highest BCUT2D eigenvalue weighted by atomic mass is 32.2. The number of benzene rings is 1. The van der Waals surface area contributed by atoms with Crippen LogP contribution in [0.15, 0.2) is 23.1 Å². The second kappa shape index (κ2) is 6.56. The molecule has 1 fully saturated rings. The molecule has 2 rings (SSSR count). The van der Waals surface area contributed by atoms with Crippen molar-refractivity contribution in [3.05, 3.63) is 18.2 Å². The molecule has 0 saturated heterocycles. The molecule has 0 atom stereocenters. The van der Waals surface area contributed by atoms with E-state index in [-0.39, 0.29) is 16.9 Å². The van der Waals surface area contributed by atoms with E-state index >= 15 is 0 Å². The molecule has 1 saturated carbocycles. The molecule has 1 aliphatic rings. The summed E-state index contributed by atoms with van der Waals surface area (Å²) >= 11 is 0. The summed E-state index contributed by atoms with van der Waals surface area (Å²) < 4.78 is 28.6. The van der Waals surface area contributed by atoms with Gasteiger partial charge in [-0.15, -0.1) is 0 Å². The second-order valence-electron chi connectivity index (χ2n) is 5.70. The summed E-state index contributed by atoms with van der Waals surface area (Å²) in [5.74, 6) is -0.529. The number of carbonyl (C=O) groups is 1. The SMILES string of the molecule is COc1cc(NC2CCC(C(=O)O)CC2)cc(S(C)(=O)=O)c1. The van der Waals surface area contributed by atoms with Crippen LogP contribution in [0.1, 0.15) is 25.7 Å². The first-order valence-corrected chi connectivity index (χ1v) is 9.07. The third-order valence-electron chi connectivity index (χ3n) is 3.99. The van der Waals surface area contributed by atoms with Gasteiger partial charge in [0.25, 0.3) is 0 Å². The minimum Gasteiger partial charge on any atom is -0.497 e. The van der Waals surface area contributed by atoms with Gasteiger partial charge in [-0.3, -0.25) is 4.79 Å². The fraction of sp³-hybridized carbons (Fsp3) is 0.533. The van der Waals surface area contributed by atoms with E-state index in [4.69, 9.17) is 9.84 Å². The van der Waals surface area contributed by atoms with E-state index < -0.39 is 15.8 Å². The molecule has 0 amide bonds. The molecule has 1 aliphatic carbocycles. The standard InChI is InChI=1S/C15H21NO5S/c1-21-13-7-12(8-14(9-13)22(2,19)20)16-11-5-3-10(4-6-11)15(17)18/h7-11,16H,3-6H2,1-2H3,(H,17,18). The molecule has 0 radical (unpaired) electrons. The van der Waals surface area contributed by atoms with E-state index in [2.05, 4.69) is 5.32 Å². The van der Waals surface area contributed by atoms with Crippen LogP contribution in [0.5, 0.6) is 5.75 Å². The van der Waals surface area contributed by atoms with Crippen LogP contribution in [0.4, 0.5) is 5.69 Å². The number of methoxy groups -OCH3 is 1. The van der Waals surface area contributed by atoms with Crippen molar-refractivity contribution in [1.82, 2.24) is 0 Å². The maximum absolute atomic E-state index is 11.7. The Kier molecular flexibility index (Phi) is 4.95. The molecule has 0 aliphatic heterocycles. The van der Waals surface area contributed by atoms with Gasteiger partial charge in [-0.25, -0.2) is 8.42 Å². The average Bonchev–Trinajstić information content (AvgIpc) is 2.46. The molecule has 122 valence electrons. The van der Waals surface area contributed by atoms with E-state index in [0.29, 0.717) is 24.3 Å². The van der Waals surface area contributed by atoms with E-state index in [1.807, 2.05) is 0 Å². The summed E-state index contributed by atoms with van der Waals surface area (Å²) in [6.07, 6.45) is 3.93. The molecule has 6 nitrogen and oxygen atoms in total. The first-order chi connectivity index (χ1) is 10.3. The Morgan fingerprint density at radius 2 is 1.86 bits per heavy atom. The Hall–Kier alpha value is -1.76. The predicted molar refractivity (Wildman–Crippen MR) is 83.1 cm³/mol. The highest BCUT2D eigenvalue weighted by Gasteiger charge is 2.26. The Labute approximate surface area is 130 Å². The Morgan fingerprint density at radius 3 is 2.36 bits per heavy atom. The summed E-state index contributed by atoms with van der Waals surface area (Å²) in [4.78, 5) is 11.2. The van der Waals surface area contributed by atoms with Crippen LogP contribution in [-0.4, -0.2) is 38.9 Å². The largest absolute Gasteiger partial charge is 0.497 e. The zero-order valence-electron chi connectivity index (χ0n) is 12.7. The van der Waals surface area contributed by atoms with Crippen LogP contribution >= 0.6 is 0 Å². The van der Waals surface area contributed by atoms with Crippen molar-refractivity contribution in [3.8, 4) is 5.75 Å². The minimum atomic E-state index is -3.32. The van der Waals surface area contributed by atoms with Crippen molar-refractivity contribution in [2.24, 2.45) is 5.92 Å². The molecule has 0 aromatic heterocycles. The third-order valence-corrected chi connectivity index (χ3v) is 5.08. The number of sulfone groups is 1. The van der Waals surface area contributed by atoms with Crippen molar-refractivity contribution in [3.63, 3.8) is 0 Å². The van der Waals surface area contributed by atoms with Crippen molar-refractivity contribution >= 4 is 21.5 Å². The predicted octanol–water partition coefficient (Wildman–Crippen LogP) is 2.15. The van der Waals surface area contributed by atoms with Crippen LogP contribution in [-0.2, 0) is 14.6 Å².